The predicted molar refractivity (Wildman–Crippen MR) is 57.0 cm³/mol. The van der Waals surface area contributed by atoms with Gasteiger partial charge in [-0.1, -0.05) is 6.92 Å². The van der Waals surface area contributed by atoms with E-state index in [0.29, 0.717) is 6.07 Å². The second-order valence-electron chi connectivity index (χ2n) is 2.96. The van der Waals surface area contributed by atoms with E-state index < -0.39 is 27.5 Å². The van der Waals surface area contributed by atoms with E-state index in [0.717, 1.165) is 6.07 Å². The van der Waals surface area contributed by atoms with Gasteiger partial charge in [-0.15, -0.1) is 0 Å². The lowest BCUT2D eigenvalue weighted by Crippen LogP contribution is -2.30. The maximum Gasteiger partial charge on any atom is 0.299 e. The van der Waals surface area contributed by atoms with Crippen LogP contribution in [0.4, 0.5) is 20.2 Å². The Morgan fingerprint density at radius 3 is 2.50 bits per heavy atom. The largest absolute Gasteiger partial charge is 0.397 e. The molecule has 0 heterocycles. The first-order valence-electron chi connectivity index (χ1n) is 4.37. The number of benzene rings is 1. The summed E-state index contributed by atoms with van der Waals surface area (Å²) < 4.78 is 52.3. The second kappa shape index (κ2) is 4.62. The summed E-state index contributed by atoms with van der Waals surface area (Å²) in [6.07, 6.45) is 0. The van der Waals surface area contributed by atoms with Crippen LogP contribution in [0.2, 0.25) is 0 Å². The Morgan fingerprint density at radius 1 is 1.38 bits per heavy atom. The van der Waals surface area contributed by atoms with Crippen molar-refractivity contribution in [3.63, 3.8) is 0 Å². The number of anilines is 2. The van der Waals surface area contributed by atoms with Crippen molar-refractivity contribution < 1.29 is 17.2 Å². The quantitative estimate of drug-likeness (QED) is 0.692. The molecular formula is C8H11F2N3O2S. The Kier molecular flexibility index (Phi) is 3.66. The first-order chi connectivity index (χ1) is 7.35. The highest BCUT2D eigenvalue weighted by Crippen LogP contribution is 2.24. The summed E-state index contributed by atoms with van der Waals surface area (Å²) >= 11 is 0. The van der Waals surface area contributed by atoms with E-state index in [1.807, 2.05) is 4.72 Å². The molecule has 0 radical (unpaired) electrons. The van der Waals surface area contributed by atoms with Gasteiger partial charge in [0.05, 0.1) is 5.69 Å². The fourth-order valence-electron chi connectivity index (χ4n) is 1.06. The lowest BCUT2D eigenvalue weighted by atomic mass is 10.2. The van der Waals surface area contributed by atoms with Crippen molar-refractivity contribution in [2.24, 2.45) is 0 Å². The van der Waals surface area contributed by atoms with Crippen LogP contribution in [0.25, 0.3) is 0 Å². The molecule has 0 bridgehead atoms. The highest BCUT2D eigenvalue weighted by molar-refractivity contribution is 7.90. The van der Waals surface area contributed by atoms with E-state index in [4.69, 9.17) is 5.73 Å². The molecule has 0 aliphatic carbocycles. The lowest BCUT2D eigenvalue weighted by Gasteiger charge is -2.11. The molecule has 0 fully saturated rings. The van der Waals surface area contributed by atoms with Crippen LogP contribution < -0.4 is 15.2 Å². The Balaban J connectivity index is 3.07. The smallest absolute Gasteiger partial charge is 0.299 e. The lowest BCUT2D eigenvalue weighted by molar-refractivity contribution is 0.580. The number of nitrogens with two attached hydrogens (primary N) is 1. The summed E-state index contributed by atoms with van der Waals surface area (Å²) in [6, 6.07) is 1.37. The van der Waals surface area contributed by atoms with Gasteiger partial charge in [0.1, 0.15) is 11.5 Å². The van der Waals surface area contributed by atoms with E-state index in [1.54, 1.807) is 6.92 Å². The highest BCUT2D eigenvalue weighted by Gasteiger charge is 2.15. The number of nitrogen functional groups attached to an aromatic ring is 1. The van der Waals surface area contributed by atoms with Crippen LogP contribution in [0.5, 0.6) is 0 Å². The number of hydrogen-bond acceptors (Lipinski definition) is 3. The highest BCUT2D eigenvalue weighted by atomic mass is 32.2. The molecule has 0 amide bonds. The van der Waals surface area contributed by atoms with E-state index in [-0.39, 0.29) is 12.2 Å². The van der Waals surface area contributed by atoms with Gasteiger partial charge < -0.3 is 5.73 Å². The average molecular weight is 251 g/mol. The molecule has 0 unspecified atom stereocenters. The zero-order valence-electron chi connectivity index (χ0n) is 8.42. The van der Waals surface area contributed by atoms with Crippen molar-refractivity contribution in [2.45, 2.75) is 6.92 Å². The van der Waals surface area contributed by atoms with Gasteiger partial charge in [-0.05, 0) is 6.07 Å². The third kappa shape index (κ3) is 3.04. The SMILES string of the molecule is CCNS(=O)(=O)Nc1c(N)cc(F)cc1F. The van der Waals surface area contributed by atoms with E-state index in [1.165, 1.54) is 0 Å². The van der Waals surface area contributed by atoms with Crippen molar-refractivity contribution in [2.75, 3.05) is 17.0 Å². The molecule has 16 heavy (non-hydrogen) atoms. The molecule has 1 rings (SSSR count). The molecule has 0 aromatic heterocycles. The van der Waals surface area contributed by atoms with Gasteiger partial charge in [-0.2, -0.15) is 13.1 Å². The summed E-state index contributed by atoms with van der Waals surface area (Å²) in [5.41, 5.74) is 4.50. The molecular weight excluding hydrogens is 240 g/mol. The summed E-state index contributed by atoms with van der Waals surface area (Å²) in [4.78, 5) is 0. The number of hydrogen-bond donors (Lipinski definition) is 3. The minimum absolute atomic E-state index is 0.137. The first-order valence-corrected chi connectivity index (χ1v) is 5.86. The Morgan fingerprint density at radius 2 is 2.00 bits per heavy atom. The summed E-state index contributed by atoms with van der Waals surface area (Å²) in [5.74, 6) is -1.94. The first kappa shape index (κ1) is 12.7. The fourth-order valence-corrected chi connectivity index (χ4v) is 2.00. The van der Waals surface area contributed by atoms with Gasteiger partial charge in [-0.25, -0.2) is 8.78 Å². The van der Waals surface area contributed by atoms with Gasteiger partial charge in [0, 0.05) is 12.6 Å². The minimum Gasteiger partial charge on any atom is -0.397 e. The van der Waals surface area contributed by atoms with Crippen LogP contribution in [-0.4, -0.2) is 15.0 Å². The molecule has 1 aromatic carbocycles. The summed E-state index contributed by atoms with van der Waals surface area (Å²) in [6.45, 7) is 1.70. The van der Waals surface area contributed by atoms with Gasteiger partial charge in [0.15, 0.2) is 5.82 Å². The Hall–Kier alpha value is -1.41. The van der Waals surface area contributed by atoms with Crippen molar-refractivity contribution in [1.29, 1.82) is 0 Å². The monoisotopic (exact) mass is 251 g/mol. The zero-order valence-corrected chi connectivity index (χ0v) is 9.24. The van der Waals surface area contributed by atoms with Crippen LogP contribution in [0, 0.1) is 11.6 Å². The van der Waals surface area contributed by atoms with Crippen molar-refractivity contribution in [1.82, 2.24) is 4.72 Å². The van der Waals surface area contributed by atoms with Crippen LogP contribution in [0.1, 0.15) is 6.92 Å². The number of nitrogens with one attached hydrogen (secondary N) is 2. The Bertz CT molecular complexity index is 467. The minimum atomic E-state index is -3.88. The molecule has 0 saturated heterocycles. The van der Waals surface area contributed by atoms with Crippen molar-refractivity contribution >= 4 is 21.6 Å². The van der Waals surface area contributed by atoms with Gasteiger partial charge in [0.2, 0.25) is 0 Å². The van der Waals surface area contributed by atoms with Gasteiger partial charge >= 0.3 is 0 Å². The normalized spacial score (nSPS) is 11.4. The van der Waals surface area contributed by atoms with Gasteiger partial charge in [0.25, 0.3) is 10.2 Å². The number of halogens is 2. The van der Waals surface area contributed by atoms with E-state index >= 15 is 0 Å². The van der Waals surface area contributed by atoms with Crippen LogP contribution >= 0.6 is 0 Å². The molecule has 90 valence electrons. The summed E-state index contributed by atoms with van der Waals surface area (Å²) in [5, 5.41) is 0. The second-order valence-corrected chi connectivity index (χ2v) is 4.45. The third-order valence-electron chi connectivity index (χ3n) is 1.66. The molecule has 0 spiro atoms. The standard InChI is InChI=1S/C8H11F2N3O2S/c1-2-12-16(14,15)13-8-6(10)3-5(9)4-7(8)11/h3-4,12-13H,2,11H2,1H3. The third-order valence-corrected chi connectivity index (χ3v) is 2.80. The molecule has 8 heteroatoms. The van der Waals surface area contributed by atoms with Crippen molar-refractivity contribution in [3.8, 4) is 0 Å². The molecule has 0 atom stereocenters. The maximum absolute atomic E-state index is 13.2. The molecule has 0 saturated carbocycles. The molecule has 0 aliphatic rings. The topological polar surface area (TPSA) is 84.2 Å². The Labute approximate surface area is 91.8 Å². The molecule has 0 aliphatic heterocycles. The predicted octanol–water partition coefficient (Wildman–Crippen LogP) is 0.813. The zero-order chi connectivity index (χ0) is 12.3. The fraction of sp³-hybridized carbons (Fsp3) is 0.250. The molecule has 4 N–H and O–H groups in total. The number of rotatable bonds is 4. The van der Waals surface area contributed by atoms with Crippen LogP contribution in [-0.2, 0) is 10.2 Å². The van der Waals surface area contributed by atoms with Crippen LogP contribution in [0.3, 0.4) is 0 Å². The average Bonchev–Trinajstić information content (AvgIpc) is 2.11. The van der Waals surface area contributed by atoms with E-state index in [9.17, 15) is 17.2 Å². The maximum atomic E-state index is 13.2. The van der Waals surface area contributed by atoms with Crippen molar-refractivity contribution in [3.05, 3.63) is 23.8 Å². The molecule has 5 nitrogen and oxygen atoms in total. The molecule has 1 aromatic rings. The van der Waals surface area contributed by atoms with Crippen LogP contribution in [0.15, 0.2) is 12.1 Å². The van der Waals surface area contributed by atoms with Gasteiger partial charge in [-0.3, -0.25) is 4.72 Å². The summed E-state index contributed by atoms with van der Waals surface area (Å²) in [7, 11) is -3.88. The van der Waals surface area contributed by atoms with E-state index in [2.05, 4.69) is 4.72 Å².